The number of aromatic nitrogens is 2. The van der Waals surface area contributed by atoms with Crippen molar-refractivity contribution < 1.29 is 4.74 Å². The summed E-state index contributed by atoms with van der Waals surface area (Å²) >= 11 is 0. The van der Waals surface area contributed by atoms with Gasteiger partial charge in [0.15, 0.2) is 0 Å². The highest BCUT2D eigenvalue weighted by Gasteiger charge is 2.33. The van der Waals surface area contributed by atoms with E-state index in [9.17, 15) is 0 Å². The Kier molecular flexibility index (Phi) is 3.27. The maximum atomic E-state index is 5.73. The number of morpholine rings is 1. The first-order chi connectivity index (χ1) is 7.88. The lowest BCUT2D eigenvalue weighted by atomic mass is 10.00. The van der Waals surface area contributed by atoms with Crippen LogP contribution in [0.3, 0.4) is 0 Å². The third-order valence-electron chi connectivity index (χ3n) is 3.53. The van der Waals surface area contributed by atoms with E-state index in [1.165, 1.54) is 5.56 Å². The van der Waals surface area contributed by atoms with E-state index in [0.29, 0.717) is 6.10 Å². The molecule has 1 aliphatic heterocycles. The van der Waals surface area contributed by atoms with Crippen molar-refractivity contribution >= 4 is 0 Å². The minimum atomic E-state index is 0.106. The molecule has 96 valence electrons. The van der Waals surface area contributed by atoms with Crippen molar-refractivity contribution in [3.05, 3.63) is 17.5 Å². The van der Waals surface area contributed by atoms with Gasteiger partial charge in [-0.25, -0.2) is 0 Å². The molecule has 0 bridgehead atoms. The number of nitrogens with zero attached hydrogens (tertiary/aromatic N) is 3. The zero-order valence-corrected chi connectivity index (χ0v) is 11.5. The first kappa shape index (κ1) is 12.6. The highest BCUT2D eigenvalue weighted by molar-refractivity contribution is 5.15. The van der Waals surface area contributed by atoms with E-state index in [0.717, 1.165) is 25.4 Å². The molecule has 1 aliphatic rings. The Morgan fingerprint density at radius 2 is 2.24 bits per heavy atom. The van der Waals surface area contributed by atoms with Gasteiger partial charge >= 0.3 is 0 Å². The number of aryl methyl sites for hydroxylation is 2. The van der Waals surface area contributed by atoms with Crippen molar-refractivity contribution in [3.8, 4) is 0 Å². The average molecular weight is 237 g/mol. The van der Waals surface area contributed by atoms with Gasteiger partial charge in [-0.2, -0.15) is 5.10 Å². The third-order valence-corrected chi connectivity index (χ3v) is 3.53. The Bertz CT molecular complexity index is 397. The average Bonchev–Trinajstić information content (AvgIpc) is 2.52. The summed E-state index contributed by atoms with van der Waals surface area (Å²) in [4.78, 5) is 2.49. The zero-order valence-electron chi connectivity index (χ0n) is 11.5. The predicted molar refractivity (Wildman–Crippen MR) is 67.8 cm³/mol. The minimum Gasteiger partial charge on any atom is -0.375 e. The maximum absolute atomic E-state index is 5.73. The summed E-state index contributed by atoms with van der Waals surface area (Å²) in [5.74, 6) is 0. The van der Waals surface area contributed by atoms with Crippen molar-refractivity contribution in [3.63, 3.8) is 0 Å². The molecule has 0 aromatic carbocycles. The van der Waals surface area contributed by atoms with Crippen LogP contribution in [0.2, 0.25) is 0 Å². The lowest BCUT2D eigenvalue weighted by Crippen LogP contribution is -2.54. The molecular formula is C13H23N3O. The Morgan fingerprint density at radius 1 is 1.53 bits per heavy atom. The molecule has 1 fully saturated rings. The number of hydrogen-bond acceptors (Lipinski definition) is 3. The highest BCUT2D eigenvalue weighted by Crippen LogP contribution is 2.24. The first-order valence-electron chi connectivity index (χ1n) is 6.24. The molecule has 0 aliphatic carbocycles. The van der Waals surface area contributed by atoms with Gasteiger partial charge in [0.05, 0.1) is 18.4 Å². The molecule has 1 aromatic heterocycles. The van der Waals surface area contributed by atoms with Gasteiger partial charge in [-0.1, -0.05) is 0 Å². The second-order valence-electron chi connectivity index (χ2n) is 5.73. The number of rotatable bonds is 2. The van der Waals surface area contributed by atoms with Crippen LogP contribution in [0.1, 0.15) is 32.0 Å². The summed E-state index contributed by atoms with van der Waals surface area (Å²) in [6.07, 6.45) is 2.44. The van der Waals surface area contributed by atoms with Crippen molar-refractivity contribution in [1.29, 1.82) is 0 Å². The molecule has 1 atom stereocenters. The summed E-state index contributed by atoms with van der Waals surface area (Å²) in [5.41, 5.74) is 2.55. The van der Waals surface area contributed by atoms with Crippen LogP contribution in [0.25, 0.3) is 0 Å². The molecule has 0 radical (unpaired) electrons. The monoisotopic (exact) mass is 237 g/mol. The third kappa shape index (κ3) is 2.69. The SMILES string of the molecule is Cc1nn(C)cc1CN1CC(C)OCC1(C)C. The molecule has 0 spiro atoms. The predicted octanol–water partition coefficient (Wildman–Crippen LogP) is 1.73. The molecule has 2 heterocycles. The van der Waals surface area contributed by atoms with E-state index >= 15 is 0 Å². The quantitative estimate of drug-likeness (QED) is 0.784. The Labute approximate surface area is 104 Å². The molecule has 0 N–H and O–H groups in total. The molecule has 2 rings (SSSR count). The zero-order chi connectivity index (χ0) is 12.6. The molecule has 0 amide bonds. The topological polar surface area (TPSA) is 30.3 Å². The molecule has 17 heavy (non-hydrogen) atoms. The summed E-state index contributed by atoms with van der Waals surface area (Å²) in [5, 5.41) is 4.40. The fraction of sp³-hybridized carbons (Fsp3) is 0.769. The molecule has 1 unspecified atom stereocenters. The van der Waals surface area contributed by atoms with Crippen LogP contribution >= 0.6 is 0 Å². The van der Waals surface area contributed by atoms with Crippen LogP contribution in [0.5, 0.6) is 0 Å². The van der Waals surface area contributed by atoms with Crippen molar-refractivity contribution in [2.75, 3.05) is 13.2 Å². The van der Waals surface area contributed by atoms with Crippen molar-refractivity contribution in [2.24, 2.45) is 7.05 Å². The van der Waals surface area contributed by atoms with E-state index in [1.54, 1.807) is 0 Å². The number of ether oxygens (including phenoxy) is 1. The summed E-state index contributed by atoms with van der Waals surface area (Å²) in [7, 11) is 1.98. The van der Waals surface area contributed by atoms with Gasteiger partial charge in [0.25, 0.3) is 0 Å². The normalized spacial score (nSPS) is 25.1. The van der Waals surface area contributed by atoms with Crippen molar-refractivity contribution in [1.82, 2.24) is 14.7 Å². The molecule has 4 heteroatoms. The molecular weight excluding hydrogens is 214 g/mol. The number of hydrogen-bond donors (Lipinski definition) is 0. The van der Waals surface area contributed by atoms with Gasteiger partial charge in [-0.3, -0.25) is 9.58 Å². The first-order valence-corrected chi connectivity index (χ1v) is 6.24. The van der Waals surface area contributed by atoms with Crippen molar-refractivity contribution in [2.45, 2.75) is 45.9 Å². The molecule has 1 aromatic rings. The smallest absolute Gasteiger partial charge is 0.0675 e. The van der Waals surface area contributed by atoms with Crippen LogP contribution in [-0.2, 0) is 18.3 Å². The fourth-order valence-electron chi connectivity index (χ4n) is 2.34. The van der Waals surface area contributed by atoms with Crippen LogP contribution in [0.4, 0.5) is 0 Å². The minimum absolute atomic E-state index is 0.106. The lowest BCUT2D eigenvalue weighted by molar-refractivity contribution is -0.0950. The summed E-state index contributed by atoms with van der Waals surface area (Å²) in [6, 6.07) is 0. The van der Waals surface area contributed by atoms with E-state index in [1.807, 2.05) is 11.7 Å². The van der Waals surface area contributed by atoms with Crippen LogP contribution in [0, 0.1) is 6.92 Å². The Balaban J connectivity index is 2.13. The van der Waals surface area contributed by atoms with Crippen LogP contribution in [0.15, 0.2) is 6.20 Å². The van der Waals surface area contributed by atoms with Gasteiger partial charge in [0.1, 0.15) is 0 Å². The Morgan fingerprint density at radius 3 is 2.82 bits per heavy atom. The van der Waals surface area contributed by atoms with E-state index in [4.69, 9.17) is 4.74 Å². The Hall–Kier alpha value is -0.870. The standard InChI is InChI=1S/C13H23N3O/c1-10-6-16(13(3,4)9-17-10)8-12-7-15(5)14-11(12)2/h7,10H,6,8-9H2,1-5H3. The molecule has 4 nitrogen and oxygen atoms in total. The summed E-state index contributed by atoms with van der Waals surface area (Å²) in [6.45, 7) is 11.4. The second-order valence-corrected chi connectivity index (χ2v) is 5.73. The molecule has 1 saturated heterocycles. The fourth-order valence-corrected chi connectivity index (χ4v) is 2.34. The summed E-state index contributed by atoms with van der Waals surface area (Å²) < 4.78 is 7.62. The lowest BCUT2D eigenvalue weighted by Gasteiger charge is -2.44. The van der Waals surface area contributed by atoms with Crippen LogP contribution < -0.4 is 0 Å². The van der Waals surface area contributed by atoms with E-state index in [-0.39, 0.29) is 5.54 Å². The second kappa shape index (κ2) is 4.42. The molecule has 0 saturated carbocycles. The van der Waals surface area contributed by atoms with E-state index in [2.05, 4.69) is 43.9 Å². The van der Waals surface area contributed by atoms with Gasteiger partial charge < -0.3 is 4.74 Å². The van der Waals surface area contributed by atoms with Gasteiger partial charge in [-0.05, 0) is 27.7 Å². The maximum Gasteiger partial charge on any atom is 0.0675 e. The van der Waals surface area contributed by atoms with E-state index < -0.39 is 0 Å². The van der Waals surface area contributed by atoms with Gasteiger partial charge in [0.2, 0.25) is 0 Å². The largest absolute Gasteiger partial charge is 0.375 e. The van der Waals surface area contributed by atoms with Gasteiger partial charge in [-0.15, -0.1) is 0 Å². The van der Waals surface area contributed by atoms with Gasteiger partial charge in [0, 0.05) is 37.4 Å². The van der Waals surface area contributed by atoms with Crippen LogP contribution in [-0.4, -0.2) is 39.5 Å². The highest BCUT2D eigenvalue weighted by atomic mass is 16.5.